The first-order valence-corrected chi connectivity index (χ1v) is 11.4. The molecule has 2 aromatic heterocycles. The molecule has 1 saturated heterocycles. The van der Waals surface area contributed by atoms with Crippen molar-refractivity contribution in [1.82, 2.24) is 15.0 Å². The van der Waals surface area contributed by atoms with Crippen molar-refractivity contribution >= 4 is 17.7 Å². The summed E-state index contributed by atoms with van der Waals surface area (Å²) in [6.07, 6.45) is 6.13. The van der Waals surface area contributed by atoms with Crippen LogP contribution in [0.5, 0.6) is 11.5 Å². The zero-order valence-corrected chi connectivity index (χ0v) is 19.1. The van der Waals surface area contributed by atoms with Crippen molar-refractivity contribution in [3.8, 4) is 22.6 Å². The van der Waals surface area contributed by atoms with Gasteiger partial charge in [-0.2, -0.15) is 0 Å². The fourth-order valence-corrected chi connectivity index (χ4v) is 4.21. The number of anilines is 2. The second kappa shape index (κ2) is 9.90. The number of hydrogen-bond acceptors (Lipinski definition) is 7. The maximum Gasteiger partial charge on any atom is 0.236 e. The molecule has 0 unspecified atom stereocenters. The van der Waals surface area contributed by atoms with Crippen molar-refractivity contribution < 1.29 is 14.3 Å². The van der Waals surface area contributed by atoms with E-state index in [1.807, 2.05) is 54.6 Å². The zero-order valence-electron chi connectivity index (χ0n) is 19.1. The molecule has 0 radical (unpaired) electrons. The number of aromatic nitrogens is 3. The Kier molecular flexibility index (Phi) is 6.36. The van der Waals surface area contributed by atoms with Crippen LogP contribution in [0.25, 0.3) is 11.1 Å². The van der Waals surface area contributed by atoms with Crippen LogP contribution in [-0.2, 0) is 14.9 Å². The van der Waals surface area contributed by atoms with Gasteiger partial charge in [0, 0.05) is 31.2 Å². The van der Waals surface area contributed by atoms with Crippen LogP contribution in [0.2, 0.25) is 0 Å². The van der Waals surface area contributed by atoms with E-state index in [0.717, 1.165) is 22.4 Å². The number of rotatable bonds is 6. The molecule has 0 spiro atoms. The van der Waals surface area contributed by atoms with Gasteiger partial charge in [0.15, 0.2) is 0 Å². The van der Waals surface area contributed by atoms with Crippen molar-refractivity contribution in [3.05, 3.63) is 90.9 Å². The predicted octanol–water partition coefficient (Wildman–Crippen LogP) is 4.60. The molecule has 1 fully saturated rings. The third-order valence-electron chi connectivity index (χ3n) is 6.18. The molecular weight excluding hydrogens is 442 g/mol. The molecule has 0 bridgehead atoms. The summed E-state index contributed by atoms with van der Waals surface area (Å²) in [6.45, 7) is 1.02. The number of para-hydroxylation sites is 1. The molecule has 3 heterocycles. The highest BCUT2D eigenvalue weighted by Crippen LogP contribution is 2.37. The van der Waals surface area contributed by atoms with Gasteiger partial charge in [0.1, 0.15) is 17.3 Å². The summed E-state index contributed by atoms with van der Waals surface area (Å²) >= 11 is 0. The van der Waals surface area contributed by atoms with Crippen molar-refractivity contribution in [3.63, 3.8) is 0 Å². The summed E-state index contributed by atoms with van der Waals surface area (Å²) < 4.78 is 11.4. The minimum Gasteiger partial charge on any atom is -0.456 e. The van der Waals surface area contributed by atoms with Gasteiger partial charge in [-0.25, -0.2) is 15.0 Å². The Bertz CT molecular complexity index is 1270. The van der Waals surface area contributed by atoms with E-state index in [4.69, 9.17) is 15.2 Å². The monoisotopic (exact) mass is 467 g/mol. The van der Waals surface area contributed by atoms with Crippen molar-refractivity contribution in [1.29, 1.82) is 0 Å². The Morgan fingerprint density at radius 2 is 1.54 bits per heavy atom. The van der Waals surface area contributed by atoms with Crippen LogP contribution in [0.1, 0.15) is 18.4 Å². The molecule has 1 amide bonds. The Morgan fingerprint density at radius 3 is 2.20 bits per heavy atom. The van der Waals surface area contributed by atoms with E-state index in [0.29, 0.717) is 37.6 Å². The minimum absolute atomic E-state index is 0.103. The van der Waals surface area contributed by atoms with Gasteiger partial charge in [-0.15, -0.1) is 0 Å². The molecule has 0 saturated carbocycles. The highest BCUT2D eigenvalue weighted by atomic mass is 16.5. The number of carbonyl (C=O) groups is 1. The van der Waals surface area contributed by atoms with Crippen LogP contribution >= 0.6 is 0 Å². The van der Waals surface area contributed by atoms with E-state index in [2.05, 4.69) is 20.3 Å². The van der Waals surface area contributed by atoms with Gasteiger partial charge in [0.2, 0.25) is 11.9 Å². The first-order chi connectivity index (χ1) is 17.1. The van der Waals surface area contributed by atoms with Crippen LogP contribution in [0, 0.1) is 0 Å². The molecule has 3 N–H and O–H groups in total. The number of amides is 1. The predicted molar refractivity (Wildman–Crippen MR) is 133 cm³/mol. The van der Waals surface area contributed by atoms with E-state index in [1.54, 1.807) is 30.7 Å². The summed E-state index contributed by atoms with van der Waals surface area (Å²) in [5, 5.41) is 3.00. The van der Waals surface area contributed by atoms with Gasteiger partial charge >= 0.3 is 0 Å². The number of nitrogen functional groups attached to an aromatic ring is 1. The molecule has 8 nitrogen and oxygen atoms in total. The molecule has 0 aliphatic carbocycles. The van der Waals surface area contributed by atoms with Gasteiger partial charge in [0.25, 0.3) is 0 Å². The average molecular weight is 468 g/mol. The number of nitrogens with one attached hydrogen (secondary N) is 1. The first kappa shape index (κ1) is 22.5. The lowest BCUT2D eigenvalue weighted by Gasteiger charge is -2.36. The smallest absolute Gasteiger partial charge is 0.236 e. The second-order valence-corrected chi connectivity index (χ2v) is 8.35. The molecular formula is C27H25N5O3. The SMILES string of the molecule is Nc1ncc(-c2ccc(C3(C(=O)Nc4ccc(Oc5ccccc5)cn4)CCOCC3)cc2)cn1. The van der Waals surface area contributed by atoms with Gasteiger partial charge in [-0.1, -0.05) is 42.5 Å². The Hall–Kier alpha value is -4.30. The molecule has 1 aliphatic heterocycles. The van der Waals surface area contributed by atoms with E-state index < -0.39 is 5.41 Å². The van der Waals surface area contributed by atoms with Crippen LogP contribution in [0.3, 0.4) is 0 Å². The van der Waals surface area contributed by atoms with Crippen molar-refractivity contribution in [2.24, 2.45) is 0 Å². The molecule has 176 valence electrons. The first-order valence-electron chi connectivity index (χ1n) is 11.4. The number of nitrogens with two attached hydrogens (primary N) is 1. The van der Waals surface area contributed by atoms with E-state index in [9.17, 15) is 4.79 Å². The third kappa shape index (κ3) is 4.97. The van der Waals surface area contributed by atoms with Gasteiger partial charge in [0.05, 0.1) is 11.6 Å². The molecule has 5 rings (SSSR count). The van der Waals surface area contributed by atoms with Gasteiger partial charge < -0.3 is 20.5 Å². The highest BCUT2D eigenvalue weighted by molar-refractivity contribution is 5.98. The summed E-state index contributed by atoms with van der Waals surface area (Å²) in [5.74, 6) is 1.92. The molecule has 2 aromatic carbocycles. The zero-order chi connectivity index (χ0) is 24.1. The van der Waals surface area contributed by atoms with Gasteiger partial charge in [-0.05, 0) is 48.2 Å². The third-order valence-corrected chi connectivity index (χ3v) is 6.18. The molecule has 8 heteroatoms. The number of nitrogens with zero attached hydrogens (tertiary/aromatic N) is 3. The second-order valence-electron chi connectivity index (χ2n) is 8.35. The number of ether oxygens (including phenoxy) is 2. The van der Waals surface area contributed by atoms with E-state index >= 15 is 0 Å². The van der Waals surface area contributed by atoms with Crippen LogP contribution in [0.4, 0.5) is 11.8 Å². The number of carbonyl (C=O) groups excluding carboxylic acids is 1. The number of pyridine rings is 1. The summed E-state index contributed by atoms with van der Waals surface area (Å²) in [6, 6.07) is 20.9. The largest absolute Gasteiger partial charge is 0.456 e. The van der Waals surface area contributed by atoms with Gasteiger partial charge in [-0.3, -0.25) is 4.79 Å². The van der Waals surface area contributed by atoms with Crippen LogP contribution < -0.4 is 15.8 Å². The topological polar surface area (TPSA) is 112 Å². The summed E-state index contributed by atoms with van der Waals surface area (Å²) in [5.41, 5.74) is 7.62. The van der Waals surface area contributed by atoms with Crippen LogP contribution in [-0.4, -0.2) is 34.1 Å². The van der Waals surface area contributed by atoms with E-state index in [-0.39, 0.29) is 11.9 Å². The highest BCUT2D eigenvalue weighted by Gasteiger charge is 2.42. The number of benzene rings is 2. The minimum atomic E-state index is -0.713. The lowest BCUT2D eigenvalue weighted by molar-refractivity contribution is -0.125. The lowest BCUT2D eigenvalue weighted by atomic mass is 9.73. The average Bonchev–Trinajstić information content (AvgIpc) is 2.91. The molecule has 0 atom stereocenters. The molecule has 1 aliphatic rings. The maximum atomic E-state index is 13.6. The van der Waals surface area contributed by atoms with E-state index in [1.165, 1.54) is 0 Å². The van der Waals surface area contributed by atoms with Crippen LogP contribution in [0.15, 0.2) is 85.3 Å². The Balaban J connectivity index is 1.34. The Morgan fingerprint density at radius 1 is 0.829 bits per heavy atom. The van der Waals surface area contributed by atoms with Crippen molar-refractivity contribution in [2.75, 3.05) is 24.3 Å². The standard InChI is InChI=1S/C27H25N5O3/c28-26-30-16-20(17-31-26)19-6-8-21(9-7-19)27(12-14-34-15-13-27)25(33)32-24-11-10-23(18-29-24)35-22-4-2-1-3-5-22/h1-11,16-18H,12-15H2,(H2,28,30,31)(H,29,32,33). The molecule has 4 aromatic rings. The van der Waals surface area contributed by atoms with Crippen molar-refractivity contribution in [2.45, 2.75) is 18.3 Å². The fourth-order valence-electron chi connectivity index (χ4n) is 4.21. The summed E-state index contributed by atoms with van der Waals surface area (Å²) in [4.78, 5) is 26.1. The Labute approximate surface area is 203 Å². The summed E-state index contributed by atoms with van der Waals surface area (Å²) in [7, 11) is 0. The fraction of sp³-hybridized carbons (Fsp3) is 0.185. The normalized spacial score (nSPS) is 14.7. The number of hydrogen-bond donors (Lipinski definition) is 2. The lowest BCUT2D eigenvalue weighted by Crippen LogP contribution is -2.45. The maximum absolute atomic E-state index is 13.6. The molecule has 35 heavy (non-hydrogen) atoms. The quantitative estimate of drug-likeness (QED) is 0.426.